The fourth-order valence-electron chi connectivity index (χ4n) is 2.43. The first-order valence-electron chi connectivity index (χ1n) is 8.92. The Balaban J connectivity index is 1.48. The number of rotatable bonds is 9. The molecule has 3 aromatic rings. The van der Waals surface area contributed by atoms with Gasteiger partial charge in [0.15, 0.2) is 0 Å². The molecule has 150 valence electrons. The number of amides is 1. The topological polar surface area (TPSA) is 112 Å². The van der Waals surface area contributed by atoms with Crippen molar-refractivity contribution >= 4 is 28.6 Å². The maximum Gasteiger partial charge on any atom is 0.247 e. The highest BCUT2D eigenvalue weighted by molar-refractivity contribution is 7.15. The number of para-hydroxylation sites is 2. The van der Waals surface area contributed by atoms with E-state index in [1.54, 1.807) is 0 Å². The highest BCUT2D eigenvalue weighted by atomic mass is 32.1. The molecule has 0 unspecified atom stereocenters. The van der Waals surface area contributed by atoms with Gasteiger partial charge >= 0.3 is 0 Å². The molecule has 0 fully saturated rings. The molecule has 9 heteroatoms. The van der Waals surface area contributed by atoms with Gasteiger partial charge in [0, 0.05) is 5.56 Å². The zero-order valence-corrected chi connectivity index (χ0v) is 16.7. The number of nitrogen functional groups attached to an aromatic ring is 1. The number of carbonyl (C=O) groups is 1. The summed E-state index contributed by atoms with van der Waals surface area (Å²) in [4.78, 5) is 11.9. The number of aryl methyl sites for hydroxylation is 1. The van der Waals surface area contributed by atoms with Crippen molar-refractivity contribution < 1.29 is 14.3 Å². The molecule has 1 aromatic heterocycles. The molecule has 3 rings (SSSR count). The molecule has 29 heavy (non-hydrogen) atoms. The Labute approximate surface area is 172 Å². The molecule has 0 atom stereocenters. The fourth-order valence-corrected chi connectivity index (χ4v) is 3.04. The molecule has 0 saturated carbocycles. The van der Waals surface area contributed by atoms with Crippen LogP contribution in [0.2, 0.25) is 0 Å². The number of aromatic nitrogens is 2. The normalized spacial score (nSPS) is 10.8. The van der Waals surface area contributed by atoms with E-state index in [0.717, 1.165) is 16.9 Å². The van der Waals surface area contributed by atoms with E-state index in [0.29, 0.717) is 29.1 Å². The lowest BCUT2D eigenvalue weighted by Gasteiger charge is -2.11. The van der Waals surface area contributed by atoms with Gasteiger partial charge in [0.1, 0.15) is 29.7 Å². The summed E-state index contributed by atoms with van der Waals surface area (Å²) in [6.45, 7) is 2.79. The molecule has 0 aliphatic rings. The van der Waals surface area contributed by atoms with Gasteiger partial charge in [-0.05, 0) is 30.7 Å². The second kappa shape index (κ2) is 10.2. The average Bonchev–Trinajstić information content (AvgIpc) is 3.12. The maximum atomic E-state index is 11.9. The number of hydrazone groups is 1. The Bertz CT molecular complexity index is 990. The summed E-state index contributed by atoms with van der Waals surface area (Å²) < 4.78 is 11.5. The number of nitrogens with one attached hydrogen (secondary N) is 1. The number of carbonyl (C=O) groups excluding carboxylic acids is 1. The van der Waals surface area contributed by atoms with Crippen molar-refractivity contribution in [2.75, 3.05) is 18.9 Å². The number of benzene rings is 2. The first-order valence-corrected chi connectivity index (χ1v) is 9.73. The van der Waals surface area contributed by atoms with Gasteiger partial charge < -0.3 is 15.2 Å². The first-order chi connectivity index (χ1) is 14.1. The molecular formula is C20H21N5O3S. The van der Waals surface area contributed by atoms with E-state index in [1.165, 1.54) is 17.6 Å². The molecule has 0 saturated heterocycles. The molecule has 0 spiro atoms. The van der Waals surface area contributed by atoms with E-state index >= 15 is 0 Å². The number of hydrogen-bond acceptors (Lipinski definition) is 8. The third kappa shape index (κ3) is 6.28. The monoisotopic (exact) mass is 411 g/mol. The van der Waals surface area contributed by atoms with Crippen LogP contribution < -0.4 is 20.6 Å². The van der Waals surface area contributed by atoms with Gasteiger partial charge in [0.05, 0.1) is 12.6 Å². The number of hydrogen-bond donors (Lipinski definition) is 2. The molecule has 0 aliphatic heterocycles. The Kier molecular flexibility index (Phi) is 7.12. The standard InChI is InChI=1S/C20H21N5O3S/c1-14-6-2-4-8-16(14)27-10-11-28-17-9-5-3-7-15(17)13-22-23-18(26)12-19-24-25-20(21)29-19/h2-9,13H,10-12H2,1H3,(H2,21,25)(H,23,26). The predicted octanol–water partition coefficient (Wildman–Crippen LogP) is 2.58. The minimum atomic E-state index is -0.303. The third-order valence-electron chi connectivity index (χ3n) is 3.80. The third-order valence-corrected chi connectivity index (χ3v) is 4.55. The van der Waals surface area contributed by atoms with Crippen LogP contribution in [0.3, 0.4) is 0 Å². The largest absolute Gasteiger partial charge is 0.490 e. The van der Waals surface area contributed by atoms with Crippen LogP contribution in [0.4, 0.5) is 5.13 Å². The predicted molar refractivity (Wildman–Crippen MR) is 112 cm³/mol. The quantitative estimate of drug-likeness (QED) is 0.318. The molecule has 1 heterocycles. The summed E-state index contributed by atoms with van der Waals surface area (Å²) in [5.41, 5.74) is 9.77. The van der Waals surface area contributed by atoms with Gasteiger partial charge in [-0.1, -0.05) is 41.7 Å². The van der Waals surface area contributed by atoms with E-state index in [9.17, 15) is 4.79 Å². The Hall–Kier alpha value is -3.46. The second-order valence-electron chi connectivity index (χ2n) is 6.00. The van der Waals surface area contributed by atoms with E-state index in [1.807, 2.05) is 55.5 Å². The second-order valence-corrected chi connectivity index (χ2v) is 7.10. The van der Waals surface area contributed by atoms with Crippen LogP contribution in [-0.2, 0) is 11.2 Å². The fraction of sp³-hybridized carbons (Fsp3) is 0.200. The molecule has 1 amide bonds. The smallest absolute Gasteiger partial charge is 0.247 e. The maximum absolute atomic E-state index is 11.9. The summed E-state index contributed by atoms with van der Waals surface area (Å²) in [6, 6.07) is 15.2. The average molecular weight is 411 g/mol. The number of ether oxygens (including phenoxy) is 2. The SMILES string of the molecule is Cc1ccccc1OCCOc1ccccc1C=NNC(=O)Cc1nnc(N)s1. The summed E-state index contributed by atoms with van der Waals surface area (Å²) in [5, 5.41) is 12.3. The summed E-state index contributed by atoms with van der Waals surface area (Å²) >= 11 is 1.17. The lowest BCUT2D eigenvalue weighted by molar-refractivity contribution is -0.120. The van der Waals surface area contributed by atoms with E-state index in [2.05, 4.69) is 20.7 Å². The lowest BCUT2D eigenvalue weighted by Crippen LogP contribution is -2.19. The van der Waals surface area contributed by atoms with Gasteiger partial charge in [-0.15, -0.1) is 10.2 Å². The molecular weight excluding hydrogens is 390 g/mol. The van der Waals surface area contributed by atoms with Crippen molar-refractivity contribution in [2.24, 2.45) is 5.10 Å². The number of nitrogens with two attached hydrogens (primary N) is 1. The van der Waals surface area contributed by atoms with E-state index in [4.69, 9.17) is 15.2 Å². The molecule has 3 N–H and O–H groups in total. The highest BCUT2D eigenvalue weighted by Gasteiger charge is 2.07. The summed E-state index contributed by atoms with van der Waals surface area (Å²) in [7, 11) is 0. The van der Waals surface area contributed by atoms with Crippen molar-refractivity contribution in [1.82, 2.24) is 15.6 Å². The van der Waals surface area contributed by atoms with Crippen LogP contribution in [0.1, 0.15) is 16.1 Å². The molecule has 8 nitrogen and oxygen atoms in total. The van der Waals surface area contributed by atoms with Crippen molar-refractivity contribution in [3.05, 3.63) is 64.7 Å². The van der Waals surface area contributed by atoms with Crippen LogP contribution in [0.15, 0.2) is 53.6 Å². The van der Waals surface area contributed by atoms with Crippen LogP contribution in [0.25, 0.3) is 0 Å². The molecule has 0 bridgehead atoms. The Morgan fingerprint density at radius 3 is 2.52 bits per heavy atom. The highest BCUT2D eigenvalue weighted by Crippen LogP contribution is 2.18. The van der Waals surface area contributed by atoms with Crippen molar-refractivity contribution in [2.45, 2.75) is 13.3 Å². The molecule has 0 aliphatic carbocycles. The van der Waals surface area contributed by atoms with Gasteiger partial charge in [0.2, 0.25) is 11.0 Å². The zero-order chi connectivity index (χ0) is 20.5. The van der Waals surface area contributed by atoms with Crippen LogP contribution >= 0.6 is 11.3 Å². The zero-order valence-electron chi connectivity index (χ0n) is 15.9. The van der Waals surface area contributed by atoms with Gasteiger partial charge in [-0.25, -0.2) is 5.43 Å². The van der Waals surface area contributed by atoms with Crippen LogP contribution in [0, 0.1) is 6.92 Å². The Morgan fingerprint density at radius 2 is 1.79 bits per heavy atom. The minimum absolute atomic E-state index is 0.0700. The molecule has 2 aromatic carbocycles. The summed E-state index contributed by atoms with van der Waals surface area (Å²) in [5.74, 6) is 1.18. The van der Waals surface area contributed by atoms with E-state index in [-0.39, 0.29) is 12.3 Å². The minimum Gasteiger partial charge on any atom is -0.490 e. The van der Waals surface area contributed by atoms with Crippen molar-refractivity contribution in [3.63, 3.8) is 0 Å². The summed E-state index contributed by atoms with van der Waals surface area (Å²) in [6.07, 6.45) is 1.60. The van der Waals surface area contributed by atoms with Gasteiger partial charge in [0.25, 0.3) is 0 Å². The van der Waals surface area contributed by atoms with Crippen LogP contribution in [0.5, 0.6) is 11.5 Å². The first kappa shape index (κ1) is 20.3. The van der Waals surface area contributed by atoms with Crippen molar-refractivity contribution in [1.29, 1.82) is 0 Å². The van der Waals surface area contributed by atoms with Gasteiger partial charge in [-0.2, -0.15) is 5.10 Å². The van der Waals surface area contributed by atoms with Crippen molar-refractivity contribution in [3.8, 4) is 11.5 Å². The number of nitrogens with zero attached hydrogens (tertiary/aromatic N) is 3. The van der Waals surface area contributed by atoms with Gasteiger partial charge in [-0.3, -0.25) is 4.79 Å². The Morgan fingerprint density at radius 1 is 1.10 bits per heavy atom. The lowest BCUT2D eigenvalue weighted by atomic mass is 10.2. The number of anilines is 1. The van der Waals surface area contributed by atoms with Crippen LogP contribution in [-0.4, -0.2) is 35.5 Å². The molecule has 0 radical (unpaired) electrons. The van der Waals surface area contributed by atoms with E-state index < -0.39 is 0 Å².